The van der Waals surface area contributed by atoms with Crippen LogP contribution in [0.3, 0.4) is 0 Å². The molecule has 0 saturated heterocycles. The van der Waals surface area contributed by atoms with Gasteiger partial charge in [-0.15, -0.1) is 0 Å². The van der Waals surface area contributed by atoms with E-state index in [-0.39, 0.29) is 5.91 Å². The number of nitrogens with two attached hydrogens (primary N) is 1. The van der Waals surface area contributed by atoms with Crippen molar-refractivity contribution in [2.75, 3.05) is 25.5 Å². The van der Waals surface area contributed by atoms with E-state index in [0.29, 0.717) is 19.5 Å². The van der Waals surface area contributed by atoms with Crippen LogP contribution in [0.1, 0.15) is 32.8 Å². The number of hydrogen-bond donors (Lipinski definition) is 1. The fraction of sp³-hybridized carbons (Fsp3) is 0.562. The first-order valence-electron chi connectivity index (χ1n) is 7.16. The average Bonchev–Trinajstić information content (AvgIpc) is 2.44. The zero-order chi connectivity index (χ0) is 15.3. The first-order chi connectivity index (χ1) is 9.31. The van der Waals surface area contributed by atoms with Crippen LogP contribution >= 0.6 is 0 Å². The molecule has 0 spiro atoms. The van der Waals surface area contributed by atoms with Crippen LogP contribution in [0, 0.1) is 0 Å². The first kappa shape index (κ1) is 16.5. The lowest BCUT2D eigenvalue weighted by Gasteiger charge is -2.30. The van der Waals surface area contributed by atoms with Crippen molar-refractivity contribution < 1.29 is 4.79 Å². The van der Waals surface area contributed by atoms with Gasteiger partial charge in [-0.25, -0.2) is 0 Å². The molecule has 2 N–H and O–H groups in total. The fourth-order valence-corrected chi connectivity index (χ4v) is 1.96. The van der Waals surface area contributed by atoms with Gasteiger partial charge in [0, 0.05) is 32.9 Å². The molecule has 0 aliphatic heterocycles. The lowest BCUT2D eigenvalue weighted by Crippen LogP contribution is -2.52. The third-order valence-electron chi connectivity index (χ3n) is 3.72. The van der Waals surface area contributed by atoms with Gasteiger partial charge in [-0.1, -0.05) is 19.1 Å². The van der Waals surface area contributed by atoms with Gasteiger partial charge in [-0.3, -0.25) is 4.79 Å². The molecule has 0 saturated carbocycles. The summed E-state index contributed by atoms with van der Waals surface area (Å²) >= 11 is 0. The largest absolute Gasteiger partial charge is 0.378 e. The van der Waals surface area contributed by atoms with E-state index in [1.54, 1.807) is 6.92 Å². The van der Waals surface area contributed by atoms with E-state index in [1.165, 1.54) is 0 Å². The third-order valence-corrected chi connectivity index (χ3v) is 3.72. The summed E-state index contributed by atoms with van der Waals surface area (Å²) < 4.78 is 0. The number of carbonyl (C=O) groups is 1. The van der Waals surface area contributed by atoms with Crippen LogP contribution < -0.4 is 10.6 Å². The van der Waals surface area contributed by atoms with Crippen LogP contribution in [0.2, 0.25) is 0 Å². The first-order valence-corrected chi connectivity index (χ1v) is 7.16. The molecule has 0 fully saturated rings. The molecule has 0 aromatic heterocycles. The highest BCUT2D eigenvalue weighted by Gasteiger charge is 2.30. The summed E-state index contributed by atoms with van der Waals surface area (Å²) in [6.45, 7) is 7.00. The molecule has 0 bridgehead atoms. The second kappa shape index (κ2) is 6.75. The molecule has 0 heterocycles. The molecule has 1 unspecified atom stereocenters. The number of benzene rings is 1. The summed E-state index contributed by atoms with van der Waals surface area (Å²) in [5.41, 5.74) is 7.55. The minimum atomic E-state index is -0.778. The molecule has 1 aromatic carbocycles. The van der Waals surface area contributed by atoms with E-state index in [0.717, 1.165) is 11.3 Å². The topological polar surface area (TPSA) is 49.6 Å². The molecular weight excluding hydrogens is 250 g/mol. The van der Waals surface area contributed by atoms with Crippen LogP contribution in [-0.2, 0) is 11.3 Å². The molecule has 0 aliphatic carbocycles. The van der Waals surface area contributed by atoms with Crippen LogP contribution in [0.25, 0.3) is 0 Å². The van der Waals surface area contributed by atoms with Crippen molar-refractivity contribution in [3.05, 3.63) is 29.8 Å². The predicted octanol–water partition coefficient (Wildman–Crippen LogP) is 2.23. The average molecular weight is 277 g/mol. The zero-order valence-electron chi connectivity index (χ0n) is 13.3. The van der Waals surface area contributed by atoms with E-state index in [2.05, 4.69) is 29.2 Å². The molecule has 1 amide bonds. The maximum atomic E-state index is 12.4. The van der Waals surface area contributed by atoms with Gasteiger partial charge >= 0.3 is 0 Å². The summed E-state index contributed by atoms with van der Waals surface area (Å²) in [5.74, 6) is 0.0131. The fourth-order valence-electron chi connectivity index (χ4n) is 1.96. The second-order valence-electron chi connectivity index (χ2n) is 5.65. The number of hydrogen-bond acceptors (Lipinski definition) is 3. The van der Waals surface area contributed by atoms with E-state index in [4.69, 9.17) is 5.73 Å². The quantitative estimate of drug-likeness (QED) is 0.867. The van der Waals surface area contributed by atoms with E-state index >= 15 is 0 Å². The maximum Gasteiger partial charge on any atom is 0.242 e. The molecule has 1 aromatic rings. The molecule has 0 radical (unpaired) electrons. The molecule has 4 heteroatoms. The van der Waals surface area contributed by atoms with E-state index in [9.17, 15) is 4.79 Å². The Morgan fingerprint density at radius 3 is 2.15 bits per heavy atom. The lowest BCUT2D eigenvalue weighted by molar-refractivity contribution is -0.136. The Labute approximate surface area is 122 Å². The van der Waals surface area contributed by atoms with Gasteiger partial charge in [0.25, 0.3) is 0 Å². The number of carbonyl (C=O) groups excluding carboxylic acids is 1. The van der Waals surface area contributed by atoms with Crippen molar-refractivity contribution in [2.24, 2.45) is 5.73 Å². The molecule has 0 aliphatic rings. The second-order valence-corrected chi connectivity index (χ2v) is 5.65. The zero-order valence-corrected chi connectivity index (χ0v) is 13.3. The van der Waals surface area contributed by atoms with Gasteiger partial charge in [0.1, 0.15) is 0 Å². The summed E-state index contributed by atoms with van der Waals surface area (Å²) in [5, 5.41) is 0. The van der Waals surface area contributed by atoms with E-state index < -0.39 is 5.54 Å². The monoisotopic (exact) mass is 277 g/mol. The molecular formula is C16H27N3O. The van der Waals surface area contributed by atoms with Gasteiger partial charge < -0.3 is 15.5 Å². The number of likely N-dealkylation sites (N-methyl/N-ethyl adjacent to an activating group) is 1. The smallest absolute Gasteiger partial charge is 0.242 e. The van der Waals surface area contributed by atoms with Crippen molar-refractivity contribution in [3.8, 4) is 0 Å². The molecule has 1 atom stereocenters. The van der Waals surface area contributed by atoms with Crippen molar-refractivity contribution >= 4 is 11.6 Å². The highest BCUT2D eigenvalue weighted by molar-refractivity contribution is 5.85. The standard InChI is InChI=1S/C16H27N3O/c1-6-16(3,17)15(20)19(7-2)12-13-8-10-14(11-9-13)18(4)5/h8-11H,6-7,12,17H2,1-5H3. The molecule has 4 nitrogen and oxygen atoms in total. The van der Waals surface area contributed by atoms with E-state index in [1.807, 2.05) is 32.8 Å². The van der Waals surface area contributed by atoms with Gasteiger partial charge in [-0.05, 0) is 38.0 Å². The summed E-state index contributed by atoms with van der Waals surface area (Å²) in [6, 6.07) is 8.25. The number of amides is 1. The Hall–Kier alpha value is -1.55. The minimum Gasteiger partial charge on any atom is -0.378 e. The summed E-state index contributed by atoms with van der Waals surface area (Å²) in [6.07, 6.45) is 0.641. The van der Waals surface area contributed by atoms with Crippen molar-refractivity contribution in [2.45, 2.75) is 39.3 Å². The maximum absolute atomic E-state index is 12.4. The molecule has 112 valence electrons. The van der Waals surface area contributed by atoms with Crippen LogP contribution in [0.15, 0.2) is 24.3 Å². The highest BCUT2D eigenvalue weighted by Crippen LogP contribution is 2.16. The van der Waals surface area contributed by atoms with Crippen molar-refractivity contribution in [1.29, 1.82) is 0 Å². The van der Waals surface area contributed by atoms with Gasteiger partial charge in [-0.2, -0.15) is 0 Å². The summed E-state index contributed by atoms with van der Waals surface area (Å²) in [7, 11) is 4.02. The van der Waals surface area contributed by atoms with Crippen LogP contribution in [-0.4, -0.2) is 37.0 Å². The number of rotatable bonds is 6. The Kier molecular flexibility index (Phi) is 5.57. The number of nitrogens with zero attached hydrogens (tertiary/aromatic N) is 2. The van der Waals surface area contributed by atoms with Gasteiger partial charge in [0.05, 0.1) is 5.54 Å². The van der Waals surface area contributed by atoms with Crippen LogP contribution in [0.4, 0.5) is 5.69 Å². The predicted molar refractivity (Wildman–Crippen MR) is 84.7 cm³/mol. The van der Waals surface area contributed by atoms with Crippen molar-refractivity contribution in [1.82, 2.24) is 4.90 Å². The lowest BCUT2D eigenvalue weighted by atomic mass is 9.98. The van der Waals surface area contributed by atoms with Crippen LogP contribution in [0.5, 0.6) is 0 Å². The SMILES string of the molecule is CCN(Cc1ccc(N(C)C)cc1)C(=O)C(C)(N)CC. The minimum absolute atomic E-state index is 0.0131. The Bertz CT molecular complexity index is 438. The number of anilines is 1. The molecule has 1 rings (SSSR count). The normalized spacial score (nSPS) is 13.7. The third kappa shape index (κ3) is 3.97. The Morgan fingerprint density at radius 1 is 1.20 bits per heavy atom. The van der Waals surface area contributed by atoms with Gasteiger partial charge in [0.15, 0.2) is 0 Å². The Morgan fingerprint density at radius 2 is 1.75 bits per heavy atom. The van der Waals surface area contributed by atoms with Crippen molar-refractivity contribution in [3.63, 3.8) is 0 Å². The Balaban J connectivity index is 2.81. The highest BCUT2D eigenvalue weighted by atomic mass is 16.2. The summed E-state index contributed by atoms with van der Waals surface area (Å²) in [4.78, 5) is 16.3. The molecule has 20 heavy (non-hydrogen) atoms. The van der Waals surface area contributed by atoms with Gasteiger partial charge in [0.2, 0.25) is 5.91 Å².